The molecule has 0 bridgehead atoms. The first kappa shape index (κ1) is 16.1. The van der Waals surface area contributed by atoms with Crippen molar-refractivity contribution in [1.82, 2.24) is 4.90 Å². The monoisotopic (exact) mass is 321 g/mol. The Morgan fingerprint density at radius 1 is 1.43 bits per heavy atom. The number of hydrogen-bond acceptors (Lipinski definition) is 2. The number of carbonyl (C=O) groups excluding carboxylic acids is 1. The quantitative estimate of drug-likeness (QED) is 0.908. The predicted octanol–water partition coefficient (Wildman–Crippen LogP) is 3.20. The average molecular weight is 322 g/mol. The zero-order valence-corrected chi connectivity index (χ0v) is 12.1. The standard InChI is InChI=1S/C14H15ClF3NO2/c1-8(20)9-2-3-19(7-9)13(21)10-4-11(14(16,17)18)6-12(15)5-10/h4-6,8-9,20H,2-3,7H2,1H3/t8-,9+/m0/s1. The zero-order chi connectivity index (χ0) is 15.8. The molecule has 0 saturated carbocycles. The Bertz CT molecular complexity index is 546. The van der Waals surface area contributed by atoms with E-state index >= 15 is 0 Å². The van der Waals surface area contributed by atoms with E-state index in [0.717, 1.165) is 12.1 Å². The summed E-state index contributed by atoms with van der Waals surface area (Å²) in [6, 6.07) is 2.83. The molecule has 1 aliphatic rings. The van der Waals surface area contributed by atoms with Gasteiger partial charge in [-0.1, -0.05) is 11.6 Å². The second-order valence-corrected chi connectivity index (χ2v) is 5.70. The van der Waals surface area contributed by atoms with Gasteiger partial charge in [0.15, 0.2) is 0 Å². The van der Waals surface area contributed by atoms with Crippen LogP contribution in [0.5, 0.6) is 0 Å². The highest BCUT2D eigenvalue weighted by Gasteiger charge is 2.34. The van der Waals surface area contributed by atoms with Gasteiger partial charge in [0, 0.05) is 29.6 Å². The normalized spacial score (nSPS) is 20.7. The van der Waals surface area contributed by atoms with Crippen LogP contribution < -0.4 is 0 Å². The van der Waals surface area contributed by atoms with E-state index in [0.29, 0.717) is 19.5 Å². The maximum absolute atomic E-state index is 12.7. The molecule has 0 radical (unpaired) electrons. The molecule has 21 heavy (non-hydrogen) atoms. The summed E-state index contributed by atoms with van der Waals surface area (Å²) in [6.07, 6.45) is -4.46. The third-order valence-corrected chi connectivity index (χ3v) is 3.88. The Hall–Kier alpha value is -1.27. The van der Waals surface area contributed by atoms with Crippen LogP contribution in [0.1, 0.15) is 29.3 Å². The SMILES string of the molecule is C[C@H](O)[C@@H]1CCN(C(=O)c2cc(Cl)cc(C(F)(F)F)c2)C1. The van der Waals surface area contributed by atoms with Crippen LogP contribution in [0, 0.1) is 5.92 Å². The summed E-state index contributed by atoms with van der Waals surface area (Å²) >= 11 is 5.68. The van der Waals surface area contributed by atoms with Crippen molar-refractivity contribution in [1.29, 1.82) is 0 Å². The lowest BCUT2D eigenvalue weighted by molar-refractivity contribution is -0.137. The van der Waals surface area contributed by atoms with Crippen molar-refractivity contribution >= 4 is 17.5 Å². The summed E-state index contributed by atoms with van der Waals surface area (Å²) in [5.74, 6) is -0.540. The molecular formula is C14H15ClF3NO2. The van der Waals surface area contributed by atoms with Crippen LogP contribution in [0.2, 0.25) is 5.02 Å². The van der Waals surface area contributed by atoms with Gasteiger partial charge in [0.05, 0.1) is 11.7 Å². The zero-order valence-electron chi connectivity index (χ0n) is 11.3. The maximum atomic E-state index is 12.7. The molecule has 3 nitrogen and oxygen atoms in total. The third-order valence-electron chi connectivity index (χ3n) is 3.67. The number of benzene rings is 1. The summed E-state index contributed by atoms with van der Waals surface area (Å²) in [5.41, 5.74) is -1.02. The Labute approximate surface area is 125 Å². The molecule has 1 aliphatic heterocycles. The van der Waals surface area contributed by atoms with E-state index in [1.165, 1.54) is 11.0 Å². The second kappa shape index (κ2) is 5.85. The van der Waals surface area contributed by atoms with Gasteiger partial charge < -0.3 is 10.0 Å². The van der Waals surface area contributed by atoms with Gasteiger partial charge in [-0.15, -0.1) is 0 Å². The summed E-state index contributed by atoms with van der Waals surface area (Å²) in [7, 11) is 0. The highest BCUT2D eigenvalue weighted by Crippen LogP contribution is 2.32. The Kier molecular flexibility index (Phi) is 4.49. The van der Waals surface area contributed by atoms with Gasteiger partial charge in [-0.25, -0.2) is 0 Å². The number of amides is 1. The number of halogens is 4. The molecule has 1 fully saturated rings. The van der Waals surface area contributed by atoms with Gasteiger partial charge in [-0.2, -0.15) is 13.2 Å². The summed E-state index contributed by atoms with van der Waals surface area (Å²) in [6.45, 7) is 2.40. The molecule has 7 heteroatoms. The van der Waals surface area contributed by atoms with Gasteiger partial charge in [-0.05, 0) is 31.5 Å². The maximum Gasteiger partial charge on any atom is 0.416 e. The van der Waals surface area contributed by atoms with Crippen molar-refractivity contribution in [3.63, 3.8) is 0 Å². The lowest BCUT2D eigenvalue weighted by Crippen LogP contribution is -2.30. The van der Waals surface area contributed by atoms with Crippen LogP contribution in [-0.4, -0.2) is 35.1 Å². The van der Waals surface area contributed by atoms with Gasteiger partial charge in [0.25, 0.3) is 5.91 Å². The number of carbonyl (C=O) groups is 1. The van der Waals surface area contributed by atoms with E-state index in [2.05, 4.69) is 0 Å². The van der Waals surface area contributed by atoms with Crippen LogP contribution in [0.4, 0.5) is 13.2 Å². The summed E-state index contributed by atoms with van der Waals surface area (Å²) < 4.78 is 38.2. The predicted molar refractivity (Wildman–Crippen MR) is 72.1 cm³/mol. The van der Waals surface area contributed by atoms with Crippen molar-refractivity contribution < 1.29 is 23.1 Å². The highest BCUT2D eigenvalue weighted by atomic mass is 35.5. The van der Waals surface area contributed by atoms with E-state index in [4.69, 9.17) is 11.6 Å². The molecule has 1 heterocycles. The van der Waals surface area contributed by atoms with E-state index in [1.54, 1.807) is 6.92 Å². The van der Waals surface area contributed by atoms with Crippen molar-refractivity contribution in [3.8, 4) is 0 Å². The first-order valence-corrected chi connectivity index (χ1v) is 6.91. The van der Waals surface area contributed by atoms with Crippen LogP contribution >= 0.6 is 11.6 Å². The number of aliphatic hydroxyl groups is 1. The molecule has 1 N–H and O–H groups in total. The van der Waals surface area contributed by atoms with E-state index in [9.17, 15) is 23.1 Å². The first-order valence-electron chi connectivity index (χ1n) is 6.53. The molecule has 1 amide bonds. The number of likely N-dealkylation sites (tertiary alicyclic amines) is 1. The molecule has 1 aromatic rings. The fraction of sp³-hybridized carbons (Fsp3) is 0.500. The molecule has 0 unspecified atom stereocenters. The van der Waals surface area contributed by atoms with Crippen molar-refractivity contribution in [2.75, 3.05) is 13.1 Å². The summed E-state index contributed by atoms with van der Waals surface area (Å²) in [5, 5.41) is 9.38. The summed E-state index contributed by atoms with van der Waals surface area (Å²) in [4.78, 5) is 13.7. The number of hydrogen-bond donors (Lipinski definition) is 1. The molecule has 0 spiro atoms. The minimum absolute atomic E-state index is 0.0461. The van der Waals surface area contributed by atoms with Crippen molar-refractivity contribution in [3.05, 3.63) is 34.3 Å². The van der Waals surface area contributed by atoms with Crippen LogP contribution in [0.15, 0.2) is 18.2 Å². The van der Waals surface area contributed by atoms with Gasteiger partial charge >= 0.3 is 6.18 Å². The molecule has 2 rings (SSSR count). The molecular weight excluding hydrogens is 307 g/mol. The first-order chi connectivity index (χ1) is 9.68. The van der Waals surface area contributed by atoms with Gasteiger partial charge in [0.2, 0.25) is 0 Å². The third kappa shape index (κ3) is 3.68. The largest absolute Gasteiger partial charge is 0.416 e. The molecule has 116 valence electrons. The van der Waals surface area contributed by atoms with E-state index in [-0.39, 0.29) is 16.5 Å². The number of nitrogens with zero attached hydrogens (tertiary/aromatic N) is 1. The molecule has 1 saturated heterocycles. The number of alkyl halides is 3. The van der Waals surface area contributed by atoms with Crippen LogP contribution in [0.3, 0.4) is 0 Å². The van der Waals surface area contributed by atoms with Gasteiger partial charge in [0.1, 0.15) is 0 Å². The Balaban J connectivity index is 2.22. The van der Waals surface area contributed by atoms with Crippen LogP contribution in [-0.2, 0) is 6.18 Å². The topological polar surface area (TPSA) is 40.5 Å². The molecule has 2 atom stereocenters. The minimum Gasteiger partial charge on any atom is -0.393 e. The number of aliphatic hydroxyl groups excluding tert-OH is 1. The average Bonchev–Trinajstić information content (AvgIpc) is 2.85. The minimum atomic E-state index is -4.55. The van der Waals surface area contributed by atoms with Crippen molar-refractivity contribution in [2.24, 2.45) is 5.92 Å². The van der Waals surface area contributed by atoms with E-state index < -0.39 is 23.8 Å². The number of rotatable bonds is 2. The molecule has 0 aliphatic carbocycles. The fourth-order valence-electron chi connectivity index (χ4n) is 2.42. The van der Waals surface area contributed by atoms with Crippen molar-refractivity contribution in [2.45, 2.75) is 25.6 Å². The second-order valence-electron chi connectivity index (χ2n) is 5.27. The lowest BCUT2D eigenvalue weighted by Gasteiger charge is -2.18. The lowest BCUT2D eigenvalue weighted by atomic mass is 10.0. The van der Waals surface area contributed by atoms with Crippen LogP contribution in [0.25, 0.3) is 0 Å². The Morgan fingerprint density at radius 3 is 2.62 bits per heavy atom. The van der Waals surface area contributed by atoms with Gasteiger partial charge in [-0.3, -0.25) is 4.79 Å². The smallest absolute Gasteiger partial charge is 0.393 e. The highest BCUT2D eigenvalue weighted by molar-refractivity contribution is 6.31. The fourth-order valence-corrected chi connectivity index (χ4v) is 2.66. The Morgan fingerprint density at radius 2 is 2.10 bits per heavy atom. The van der Waals surface area contributed by atoms with E-state index in [1.807, 2.05) is 0 Å². The molecule has 0 aromatic heterocycles. The molecule has 1 aromatic carbocycles.